The molecule has 1 fully saturated rings. The van der Waals surface area contributed by atoms with E-state index in [2.05, 4.69) is 30.7 Å². The lowest BCUT2D eigenvalue weighted by molar-refractivity contribution is -0.137. The molecular weight excluding hydrogens is 479 g/mol. The highest BCUT2D eigenvalue weighted by Gasteiger charge is 2.33. The van der Waals surface area contributed by atoms with Crippen LogP contribution in [0.5, 0.6) is 0 Å². The molecular formula is C22H24F3N9O2. The predicted octanol–water partition coefficient (Wildman–Crippen LogP) is 2.25. The van der Waals surface area contributed by atoms with Crippen molar-refractivity contribution in [1.82, 2.24) is 30.0 Å². The molecule has 3 aromatic heterocycles. The van der Waals surface area contributed by atoms with E-state index in [4.69, 9.17) is 5.73 Å². The number of nitrogens with two attached hydrogens (primary N) is 1. The number of nitrogens with zero attached hydrogens (tertiary/aromatic N) is 6. The minimum absolute atomic E-state index is 0.0366. The molecule has 2 amide bonds. The van der Waals surface area contributed by atoms with Gasteiger partial charge in [0.25, 0.3) is 11.8 Å². The fourth-order valence-corrected chi connectivity index (χ4v) is 4.01. The van der Waals surface area contributed by atoms with Gasteiger partial charge in [0.15, 0.2) is 11.5 Å². The van der Waals surface area contributed by atoms with Crippen LogP contribution in [0, 0.1) is 0 Å². The van der Waals surface area contributed by atoms with Gasteiger partial charge >= 0.3 is 6.18 Å². The van der Waals surface area contributed by atoms with Crippen LogP contribution in [-0.2, 0) is 13.2 Å². The van der Waals surface area contributed by atoms with Gasteiger partial charge in [0.2, 0.25) is 0 Å². The van der Waals surface area contributed by atoms with Gasteiger partial charge in [-0.25, -0.2) is 9.97 Å². The van der Waals surface area contributed by atoms with Gasteiger partial charge in [-0.05, 0) is 31.9 Å². The summed E-state index contributed by atoms with van der Waals surface area (Å²) in [7, 11) is 1.74. The highest BCUT2D eigenvalue weighted by atomic mass is 19.4. The molecule has 1 aliphatic heterocycles. The van der Waals surface area contributed by atoms with E-state index in [0.29, 0.717) is 37.1 Å². The van der Waals surface area contributed by atoms with E-state index in [1.54, 1.807) is 24.1 Å². The molecule has 36 heavy (non-hydrogen) atoms. The van der Waals surface area contributed by atoms with Crippen LogP contribution in [0.3, 0.4) is 0 Å². The normalized spacial score (nSPS) is 18.1. The van der Waals surface area contributed by atoms with Crippen LogP contribution in [0.15, 0.2) is 36.9 Å². The maximum atomic E-state index is 12.8. The van der Waals surface area contributed by atoms with Crippen molar-refractivity contribution in [3.63, 3.8) is 0 Å². The fraction of sp³-hybridized carbons (Fsp3) is 0.364. The number of nitrogens with one attached hydrogen (secondary N) is 2. The van der Waals surface area contributed by atoms with Crippen molar-refractivity contribution in [2.45, 2.75) is 38.0 Å². The molecule has 4 N–H and O–H groups in total. The molecule has 4 rings (SSSR count). The Bertz CT molecular complexity index is 1260. The summed E-state index contributed by atoms with van der Waals surface area (Å²) in [6.07, 6.45) is 2.16. The van der Waals surface area contributed by atoms with Crippen molar-refractivity contribution in [3.8, 4) is 0 Å². The number of carbonyl (C=O) groups is 2. The average molecular weight is 503 g/mol. The summed E-state index contributed by atoms with van der Waals surface area (Å²) >= 11 is 0. The molecule has 0 bridgehead atoms. The summed E-state index contributed by atoms with van der Waals surface area (Å²) in [5.41, 5.74) is 4.98. The SMILES string of the molecule is C[C@@H]1[C@H](NC(=O)c2ccc(C(F)(F)F)cn2)CCCN1c1cnc(C(N)=O)c(Nc2cnn(C)c2)n1. The maximum absolute atomic E-state index is 12.8. The molecule has 3 aromatic rings. The van der Waals surface area contributed by atoms with Crippen LogP contribution in [0.1, 0.15) is 46.3 Å². The molecule has 0 aliphatic carbocycles. The fourth-order valence-electron chi connectivity index (χ4n) is 4.01. The number of alkyl halides is 3. The Kier molecular flexibility index (Phi) is 6.77. The third-order valence-electron chi connectivity index (χ3n) is 5.88. The van der Waals surface area contributed by atoms with E-state index in [-0.39, 0.29) is 29.3 Å². The van der Waals surface area contributed by atoms with E-state index >= 15 is 0 Å². The van der Waals surface area contributed by atoms with E-state index in [1.165, 1.54) is 6.20 Å². The van der Waals surface area contributed by atoms with Crippen molar-refractivity contribution < 1.29 is 22.8 Å². The second-order valence-electron chi connectivity index (χ2n) is 8.40. The number of amides is 2. The van der Waals surface area contributed by atoms with Crippen molar-refractivity contribution in [2.24, 2.45) is 12.8 Å². The number of aromatic nitrogens is 5. The quantitative estimate of drug-likeness (QED) is 0.465. The number of anilines is 3. The standard InChI is InChI=1S/C22H24F3N9O2/c1-12-15(31-21(36)16-6-5-13(8-27-16)22(23,24)25)4-3-7-34(12)17-10-28-18(19(26)35)20(32-17)30-14-9-29-33(2)11-14/h5-6,8-12,15H,3-4,7H2,1-2H3,(H2,26,35)(H,30,32)(H,31,36)/t12-,15-/m1/s1. The average Bonchev–Trinajstić information content (AvgIpc) is 3.24. The molecule has 14 heteroatoms. The summed E-state index contributed by atoms with van der Waals surface area (Å²) in [5, 5.41) is 9.93. The number of hydrogen-bond acceptors (Lipinski definition) is 8. The molecule has 190 valence electrons. The van der Waals surface area contributed by atoms with Crippen molar-refractivity contribution in [2.75, 3.05) is 16.8 Å². The molecule has 0 spiro atoms. The van der Waals surface area contributed by atoms with Crippen LogP contribution in [0.4, 0.5) is 30.5 Å². The number of primary amides is 1. The van der Waals surface area contributed by atoms with Gasteiger partial charge in [-0.2, -0.15) is 18.3 Å². The number of pyridine rings is 1. The Hall–Kier alpha value is -4.23. The van der Waals surface area contributed by atoms with Gasteiger partial charge in [0, 0.05) is 38.1 Å². The first-order chi connectivity index (χ1) is 17.0. The number of hydrogen-bond donors (Lipinski definition) is 3. The third kappa shape index (κ3) is 5.37. The topological polar surface area (TPSA) is 144 Å². The zero-order valence-electron chi connectivity index (χ0n) is 19.5. The lowest BCUT2D eigenvalue weighted by Crippen LogP contribution is -2.54. The monoisotopic (exact) mass is 503 g/mol. The Balaban J connectivity index is 1.51. The molecule has 1 aliphatic rings. The molecule has 11 nitrogen and oxygen atoms in total. The summed E-state index contributed by atoms with van der Waals surface area (Å²) in [4.78, 5) is 38.9. The molecule has 0 saturated carbocycles. The van der Waals surface area contributed by atoms with Crippen LogP contribution >= 0.6 is 0 Å². The largest absolute Gasteiger partial charge is 0.417 e. The number of aryl methyl sites for hydroxylation is 1. The second kappa shape index (κ2) is 9.79. The summed E-state index contributed by atoms with van der Waals surface area (Å²) in [5.74, 6) is -0.691. The molecule has 1 saturated heterocycles. The first-order valence-electron chi connectivity index (χ1n) is 11.1. The first-order valence-corrected chi connectivity index (χ1v) is 11.1. The highest BCUT2D eigenvalue weighted by Crippen LogP contribution is 2.29. The lowest BCUT2D eigenvalue weighted by Gasteiger charge is -2.40. The first kappa shape index (κ1) is 24.9. The minimum atomic E-state index is -4.53. The van der Waals surface area contributed by atoms with Crippen molar-refractivity contribution in [3.05, 3.63) is 53.9 Å². The van der Waals surface area contributed by atoms with Gasteiger partial charge in [0.1, 0.15) is 11.5 Å². The summed E-state index contributed by atoms with van der Waals surface area (Å²) in [6, 6.07) is 1.30. The minimum Gasteiger partial charge on any atom is -0.364 e. The van der Waals surface area contributed by atoms with E-state index < -0.39 is 23.6 Å². The van der Waals surface area contributed by atoms with Gasteiger partial charge in [-0.1, -0.05) is 0 Å². The number of halogens is 3. The predicted molar refractivity (Wildman–Crippen MR) is 124 cm³/mol. The smallest absolute Gasteiger partial charge is 0.364 e. The van der Waals surface area contributed by atoms with Crippen LogP contribution < -0.4 is 21.3 Å². The van der Waals surface area contributed by atoms with Crippen LogP contribution in [-0.4, -0.2) is 55.2 Å². The van der Waals surface area contributed by atoms with Gasteiger partial charge in [-0.3, -0.25) is 19.3 Å². The second-order valence-corrected chi connectivity index (χ2v) is 8.40. The number of carbonyl (C=O) groups excluding carboxylic acids is 2. The number of piperidine rings is 1. The zero-order chi connectivity index (χ0) is 26.0. The Morgan fingerprint density at radius 3 is 2.56 bits per heavy atom. The highest BCUT2D eigenvalue weighted by molar-refractivity contribution is 5.96. The Labute approximate surface area is 203 Å². The molecule has 0 aromatic carbocycles. The summed E-state index contributed by atoms with van der Waals surface area (Å²) < 4.78 is 39.9. The van der Waals surface area contributed by atoms with Gasteiger partial charge < -0.3 is 21.3 Å². The van der Waals surface area contributed by atoms with E-state index in [9.17, 15) is 22.8 Å². The van der Waals surface area contributed by atoms with E-state index in [1.807, 2.05) is 11.8 Å². The lowest BCUT2D eigenvalue weighted by atomic mass is 9.97. The molecule has 2 atom stereocenters. The van der Waals surface area contributed by atoms with Crippen LogP contribution in [0.2, 0.25) is 0 Å². The Morgan fingerprint density at radius 2 is 1.94 bits per heavy atom. The Morgan fingerprint density at radius 1 is 1.17 bits per heavy atom. The number of rotatable bonds is 6. The summed E-state index contributed by atoms with van der Waals surface area (Å²) in [6.45, 7) is 2.51. The maximum Gasteiger partial charge on any atom is 0.417 e. The van der Waals surface area contributed by atoms with Crippen LogP contribution in [0.25, 0.3) is 0 Å². The van der Waals surface area contributed by atoms with Gasteiger partial charge in [-0.15, -0.1) is 0 Å². The van der Waals surface area contributed by atoms with E-state index in [0.717, 1.165) is 12.1 Å². The molecule has 0 radical (unpaired) electrons. The third-order valence-corrected chi connectivity index (χ3v) is 5.88. The zero-order valence-corrected chi connectivity index (χ0v) is 19.5. The van der Waals surface area contributed by atoms with Gasteiger partial charge in [0.05, 0.1) is 23.6 Å². The van der Waals surface area contributed by atoms with Crippen molar-refractivity contribution >= 4 is 29.1 Å². The molecule has 0 unspecified atom stereocenters. The van der Waals surface area contributed by atoms with Crippen molar-refractivity contribution in [1.29, 1.82) is 0 Å². The molecule has 4 heterocycles.